The molecule has 1 fully saturated rings. The molecule has 1 saturated heterocycles. The number of benzene rings is 2. The number of sulfonamides is 1. The minimum Gasteiger partial charge on any atom is -0.493 e. The Hall–Kier alpha value is -2.09. The van der Waals surface area contributed by atoms with Crippen molar-refractivity contribution < 1.29 is 17.9 Å². The smallest absolute Gasteiger partial charge is 0.226 e. The molecule has 2 aromatic rings. The number of ether oxygens (including phenoxy) is 1. The van der Waals surface area contributed by atoms with Crippen molar-refractivity contribution in [3.05, 3.63) is 65.2 Å². The Kier molecular flexibility index (Phi) is 6.93. The third-order valence-electron chi connectivity index (χ3n) is 4.56. The minimum absolute atomic E-state index is 0.0186. The van der Waals surface area contributed by atoms with Gasteiger partial charge >= 0.3 is 0 Å². The number of carbonyl (C=O) groups excluding carboxylic acids is 1. The van der Waals surface area contributed by atoms with Crippen LogP contribution in [0.25, 0.3) is 0 Å². The summed E-state index contributed by atoms with van der Waals surface area (Å²) in [6, 6.07) is 16.1. The van der Waals surface area contributed by atoms with Gasteiger partial charge in [0.2, 0.25) is 15.9 Å². The van der Waals surface area contributed by atoms with E-state index in [0.717, 1.165) is 5.56 Å². The summed E-state index contributed by atoms with van der Waals surface area (Å²) >= 11 is 5.90. The van der Waals surface area contributed by atoms with Crippen molar-refractivity contribution in [2.45, 2.75) is 12.2 Å². The molecule has 8 heteroatoms. The zero-order valence-corrected chi connectivity index (χ0v) is 17.0. The molecule has 1 heterocycles. The van der Waals surface area contributed by atoms with Gasteiger partial charge in [-0.3, -0.25) is 4.79 Å². The van der Waals surface area contributed by atoms with E-state index in [9.17, 15) is 13.2 Å². The highest BCUT2D eigenvalue weighted by atomic mass is 35.5. The molecule has 3 rings (SSSR count). The van der Waals surface area contributed by atoms with Crippen LogP contribution >= 0.6 is 11.6 Å². The molecule has 28 heavy (non-hydrogen) atoms. The Morgan fingerprint density at radius 1 is 1.00 bits per heavy atom. The standard InChI is InChI=1S/C20H23ClN2O4S/c21-18-7-4-8-19(15-18)27-14-9-20(24)22-10-12-23(13-11-22)28(25,26)16-17-5-2-1-3-6-17/h1-8,15H,9-14,16H2. The first-order chi connectivity index (χ1) is 13.4. The van der Waals surface area contributed by atoms with Crippen molar-refractivity contribution in [3.8, 4) is 5.75 Å². The molecule has 0 radical (unpaired) electrons. The van der Waals surface area contributed by atoms with Gasteiger partial charge in [-0.05, 0) is 23.8 Å². The van der Waals surface area contributed by atoms with Crippen LogP contribution in [0, 0.1) is 0 Å². The molecule has 0 bridgehead atoms. The van der Waals surface area contributed by atoms with Crippen LogP contribution < -0.4 is 4.74 Å². The molecule has 0 spiro atoms. The summed E-state index contributed by atoms with van der Waals surface area (Å²) in [4.78, 5) is 14.0. The molecule has 0 N–H and O–H groups in total. The molecule has 2 aromatic carbocycles. The van der Waals surface area contributed by atoms with Crippen LogP contribution in [-0.4, -0.2) is 56.3 Å². The van der Waals surface area contributed by atoms with Crippen molar-refractivity contribution >= 4 is 27.5 Å². The molecule has 1 aliphatic rings. The second kappa shape index (κ2) is 9.41. The normalized spacial score (nSPS) is 15.4. The fraction of sp³-hybridized carbons (Fsp3) is 0.350. The van der Waals surface area contributed by atoms with E-state index >= 15 is 0 Å². The molecule has 0 atom stereocenters. The lowest BCUT2D eigenvalue weighted by molar-refractivity contribution is -0.132. The summed E-state index contributed by atoms with van der Waals surface area (Å²) in [6.45, 7) is 1.67. The van der Waals surface area contributed by atoms with E-state index in [1.165, 1.54) is 4.31 Å². The van der Waals surface area contributed by atoms with Gasteiger partial charge in [-0.1, -0.05) is 48.0 Å². The minimum atomic E-state index is -3.38. The first-order valence-electron chi connectivity index (χ1n) is 9.12. The number of nitrogens with zero attached hydrogens (tertiary/aromatic N) is 2. The van der Waals surface area contributed by atoms with Gasteiger partial charge in [0, 0.05) is 31.2 Å². The van der Waals surface area contributed by atoms with Crippen LogP contribution in [0.15, 0.2) is 54.6 Å². The summed E-state index contributed by atoms with van der Waals surface area (Å²) in [5.41, 5.74) is 0.763. The molecular weight excluding hydrogens is 400 g/mol. The maximum atomic E-state index is 12.6. The summed E-state index contributed by atoms with van der Waals surface area (Å²) in [6.07, 6.45) is 0.239. The van der Waals surface area contributed by atoms with Crippen molar-refractivity contribution in [3.63, 3.8) is 0 Å². The van der Waals surface area contributed by atoms with E-state index in [2.05, 4.69) is 0 Å². The molecule has 0 aliphatic carbocycles. The van der Waals surface area contributed by atoms with Gasteiger partial charge < -0.3 is 9.64 Å². The lowest BCUT2D eigenvalue weighted by Gasteiger charge is -2.34. The molecular formula is C20H23ClN2O4S. The van der Waals surface area contributed by atoms with Gasteiger partial charge in [-0.15, -0.1) is 0 Å². The van der Waals surface area contributed by atoms with Gasteiger partial charge in [0.1, 0.15) is 5.75 Å². The molecule has 0 aromatic heterocycles. The number of hydrogen-bond donors (Lipinski definition) is 0. The Morgan fingerprint density at radius 2 is 1.71 bits per heavy atom. The summed E-state index contributed by atoms with van der Waals surface area (Å²) in [7, 11) is -3.38. The van der Waals surface area contributed by atoms with Crippen LogP contribution in [0.2, 0.25) is 5.02 Å². The van der Waals surface area contributed by atoms with Crippen molar-refractivity contribution in [1.82, 2.24) is 9.21 Å². The average Bonchev–Trinajstić information content (AvgIpc) is 2.68. The largest absolute Gasteiger partial charge is 0.493 e. The van der Waals surface area contributed by atoms with Gasteiger partial charge in [-0.2, -0.15) is 4.31 Å². The van der Waals surface area contributed by atoms with Crippen LogP contribution in [0.3, 0.4) is 0 Å². The Balaban J connectivity index is 1.44. The Bertz CT molecular complexity index is 897. The fourth-order valence-electron chi connectivity index (χ4n) is 3.06. The van der Waals surface area contributed by atoms with E-state index in [1.807, 2.05) is 18.2 Å². The second-order valence-corrected chi connectivity index (χ2v) is 8.98. The van der Waals surface area contributed by atoms with Crippen molar-refractivity contribution in [1.29, 1.82) is 0 Å². The zero-order valence-electron chi connectivity index (χ0n) is 15.5. The molecule has 0 saturated carbocycles. The quantitative estimate of drug-likeness (QED) is 0.688. The number of rotatable bonds is 7. The SMILES string of the molecule is O=C(CCOc1cccc(Cl)c1)N1CCN(S(=O)(=O)Cc2ccccc2)CC1. The van der Waals surface area contributed by atoms with E-state index < -0.39 is 10.0 Å². The highest BCUT2D eigenvalue weighted by Gasteiger charge is 2.28. The van der Waals surface area contributed by atoms with Crippen molar-refractivity contribution in [2.24, 2.45) is 0 Å². The fourth-order valence-corrected chi connectivity index (χ4v) is 4.76. The molecule has 1 aliphatic heterocycles. The van der Waals surface area contributed by atoms with Gasteiger partial charge in [0.15, 0.2) is 0 Å². The number of hydrogen-bond acceptors (Lipinski definition) is 4. The Labute approximate surface area is 170 Å². The molecule has 150 valence electrons. The van der Waals surface area contributed by atoms with Gasteiger partial charge in [0.05, 0.1) is 18.8 Å². The highest BCUT2D eigenvalue weighted by molar-refractivity contribution is 7.88. The van der Waals surface area contributed by atoms with E-state index in [4.69, 9.17) is 16.3 Å². The van der Waals surface area contributed by atoms with E-state index in [0.29, 0.717) is 37.0 Å². The summed E-state index contributed by atoms with van der Waals surface area (Å²) in [5, 5.41) is 0.580. The van der Waals surface area contributed by atoms with E-state index in [1.54, 1.807) is 41.3 Å². The number of amides is 1. The van der Waals surface area contributed by atoms with Gasteiger partial charge in [0.25, 0.3) is 0 Å². The molecule has 0 unspecified atom stereocenters. The molecule has 1 amide bonds. The Morgan fingerprint density at radius 3 is 2.39 bits per heavy atom. The third kappa shape index (κ3) is 5.70. The maximum Gasteiger partial charge on any atom is 0.226 e. The highest BCUT2D eigenvalue weighted by Crippen LogP contribution is 2.18. The molecule has 6 nitrogen and oxygen atoms in total. The lowest BCUT2D eigenvalue weighted by Crippen LogP contribution is -2.50. The predicted molar refractivity (Wildman–Crippen MR) is 109 cm³/mol. The van der Waals surface area contributed by atoms with Gasteiger partial charge in [-0.25, -0.2) is 8.42 Å². The first kappa shape index (κ1) is 20.6. The summed E-state index contributed by atoms with van der Waals surface area (Å²) in [5.74, 6) is 0.564. The lowest BCUT2D eigenvalue weighted by atomic mass is 10.2. The second-order valence-electron chi connectivity index (χ2n) is 6.58. The van der Waals surface area contributed by atoms with Crippen LogP contribution in [0.4, 0.5) is 0 Å². The predicted octanol–water partition coefficient (Wildman–Crippen LogP) is 2.78. The third-order valence-corrected chi connectivity index (χ3v) is 6.64. The van der Waals surface area contributed by atoms with Crippen LogP contribution in [-0.2, 0) is 20.6 Å². The first-order valence-corrected chi connectivity index (χ1v) is 11.1. The summed E-state index contributed by atoms with van der Waals surface area (Å²) < 4.78 is 32.2. The topological polar surface area (TPSA) is 66.9 Å². The number of halogens is 1. The number of piperazine rings is 1. The number of carbonyl (C=O) groups is 1. The van der Waals surface area contributed by atoms with Crippen LogP contribution in [0.5, 0.6) is 5.75 Å². The van der Waals surface area contributed by atoms with Crippen molar-refractivity contribution in [2.75, 3.05) is 32.8 Å². The monoisotopic (exact) mass is 422 g/mol. The van der Waals surface area contributed by atoms with Crippen LogP contribution in [0.1, 0.15) is 12.0 Å². The van der Waals surface area contributed by atoms with E-state index in [-0.39, 0.29) is 24.7 Å². The zero-order chi connectivity index (χ0) is 20.0. The maximum absolute atomic E-state index is 12.6. The average molecular weight is 423 g/mol.